The third kappa shape index (κ3) is 5.05. The van der Waals surface area contributed by atoms with Gasteiger partial charge in [-0.25, -0.2) is 4.39 Å². The number of benzene rings is 2. The zero-order chi connectivity index (χ0) is 19.1. The Kier molecular flexibility index (Phi) is 6.42. The summed E-state index contributed by atoms with van der Waals surface area (Å²) in [7, 11) is 1.63. The van der Waals surface area contributed by atoms with Gasteiger partial charge in [0.15, 0.2) is 0 Å². The maximum atomic E-state index is 13.2. The van der Waals surface area contributed by atoms with Gasteiger partial charge >= 0.3 is 0 Å². The van der Waals surface area contributed by atoms with Gasteiger partial charge in [-0.2, -0.15) is 0 Å². The van der Waals surface area contributed by atoms with E-state index in [1.54, 1.807) is 19.2 Å². The molecule has 2 N–H and O–H groups in total. The quantitative estimate of drug-likeness (QED) is 0.782. The van der Waals surface area contributed by atoms with Crippen LogP contribution in [0.5, 0.6) is 5.75 Å². The van der Waals surface area contributed by atoms with E-state index >= 15 is 0 Å². The molecule has 0 radical (unpaired) electrons. The van der Waals surface area contributed by atoms with Gasteiger partial charge in [-0.05, 0) is 55.8 Å². The Morgan fingerprint density at radius 2 is 1.96 bits per heavy atom. The molecule has 1 heterocycles. The Morgan fingerprint density at radius 3 is 2.70 bits per heavy atom. The monoisotopic (exact) mass is 372 g/mol. The minimum Gasteiger partial charge on any atom is -0.489 e. The van der Waals surface area contributed by atoms with Crippen molar-refractivity contribution >= 4 is 11.6 Å². The fourth-order valence-corrected chi connectivity index (χ4v) is 3.34. The van der Waals surface area contributed by atoms with Gasteiger partial charge in [0.25, 0.3) is 0 Å². The number of rotatable bonds is 7. The zero-order valence-electron chi connectivity index (χ0n) is 15.5. The van der Waals surface area contributed by atoms with Crippen molar-refractivity contribution in [2.75, 3.05) is 32.1 Å². The number of hydrogen-bond acceptors (Lipinski definition) is 4. The van der Waals surface area contributed by atoms with Crippen LogP contribution in [0, 0.1) is 11.2 Å². The molecule has 1 saturated heterocycles. The summed E-state index contributed by atoms with van der Waals surface area (Å²) < 4.78 is 24.2. The lowest BCUT2D eigenvalue weighted by molar-refractivity contribution is -0.130. The van der Waals surface area contributed by atoms with Crippen molar-refractivity contribution in [1.29, 1.82) is 0 Å². The van der Waals surface area contributed by atoms with Gasteiger partial charge in [-0.1, -0.05) is 18.2 Å². The van der Waals surface area contributed by atoms with Crippen molar-refractivity contribution in [3.05, 3.63) is 59.9 Å². The highest BCUT2D eigenvalue weighted by Gasteiger charge is 2.39. The van der Waals surface area contributed by atoms with E-state index in [4.69, 9.17) is 9.47 Å². The molecule has 6 heteroatoms. The number of anilines is 1. The SMILES string of the molecule is COCC1(C(=O)Nc2cccc(COc3cccc(F)c3)c2)CCNCC1. The summed E-state index contributed by atoms with van der Waals surface area (Å²) in [6, 6.07) is 13.5. The van der Waals surface area contributed by atoms with Gasteiger partial charge in [0.1, 0.15) is 18.2 Å². The number of methoxy groups -OCH3 is 1. The standard InChI is InChI=1S/C21H25FN2O3/c1-26-15-21(8-10-23-11-9-21)20(25)24-18-6-2-4-16(12-18)14-27-19-7-3-5-17(22)13-19/h2-7,12-13,23H,8-11,14-15H2,1H3,(H,24,25). The molecule has 0 unspecified atom stereocenters. The van der Waals surface area contributed by atoms with Crippen LogP contribution in [0.3, 0.4) is 0 Å². The first-order valence-corrected chi connectivity index (χ1v) is 9.10. The van der Waals surface area contributed by atoms with Crippen LogP contribution >= 0.6 is 0 Å². The molecule has 0 aromatic heterocycles. The summed E-state index contributed by atoms with van der Waals surface area (Å²) in [6.07, 6.45) is 1.49. The first-order chi connectivity index (χ1) is 13.1. The number of halogens is 1. The Morgan fingerprint density at radius 1 is 1.19 bits per heavy atom. The summed E-state index contributed by atoms with van der Waals surface area (Å²) in [4.78, 5) is 12.9. The summed E-state index contributed by atoms with van der Waals surface area (Å²) >= 11 is 0. The van der Waals surface area contributed by atoms with Crippen molar-refractivity contribution in [3.63, 3.8) is 0 Å². The average Bonchev–Trinajstić information content (AvgIpc) is 2.68. The molecule has 1 fully saturated rings. The minimum absolute atomic E-state index is 0.0194. The number of nitrogens with one attached hydrogen (secondary N) is 2. The molecule has 27 heavy (non-hydrogen) atoms. The molecule has 5 nitrogen and oxygen atoms in total. The van der Waals surface area contributed by atoms with E-state index in [9.17, 15) is 9.18 Å². The summed E-state index contributed by atoms with van der Waals surface area (Å²) in [6.45, 7) is 2.31. The minimum atomic E-state index is -0.506. The first-order valence-electron chi connectivity index (χ1n) is 9.10. The van der Waals surface area contributed by atoms with E-state index in [1.807, 2.05) is 24.3 Å². The molecule has 0 aliphatic carbocycles. The van der Waals surface area contributed by atoms with E-state index in [-0.39, 0.29) is 11.7 Å². The van der Waals surface area contributed by atoms with Gasteiger partial charge in [-0.15, -0.1) is 0 Å². The summed E-state index contributed by atoms with van der Waals surface area (Å²) in [5, 5.41) is 6.31. The van der Waals surface area contributed by atoms with Crippen molar-refractivity contribution in [3.8, 4) is 5.75 Å². The molecule has 144 valence electrons. The predicted octanol–water partition coefficient (Wildman–Crippen LogP) is 3.36. The van der Waals surface area contributed by atoms with E-state index < -0.39 is 5.41 Å². The van der Waals surface area contributed by atoms with Crippen LogP contribution in [-0.4, -0.2) is 32.7 Å². The molecule has 0 bridgehead atoms. The fourth-order valence-electron chi connectivity index (χ4n) is 3.34. The van der Waals surface area contributed by atoms with Crippen LogP contribution < -0.4 is 15.4 Å². The van der Waals surface area contributed by atoms with Gasteiger partial charge in [0.2, 0.25) is 5.91 Å². The van der Waals surface area contributed by atoms with Crippen LogP contribution in [-0.2, 0) is 16.1 Å². The number of piperidine rings is 1. The third-order valence-corrected chi connectivity index (χ3v) is 4.85. The highest BCUT2D eigenvalue weighted by atomic mass is 19.1. The van der Waals surface area contributed by atoms with E-state index in [0.29, 0.717) is 24.7 Å². The number of amides is 1. The summed E-state index contributed by atoms with van der Waals surface area (Å²) in [5.41, 5.74) is 1.10. The molecule has 2 aromatic rings. The van der Waals surface area contributed by atoms with Crippen molar-refractivity contribution < 1.29 is 18.7 Å². The lowest BCUT2D eigenvalue weighted by atomic mass is 9.78. The zero-order valence-corrected chi connectivity index (χ0v) is 15.5. The molecule has 3 rings (SSSR count). The molecule has 0 saturated carbocycles. The molecule has 1 aliphatic rings. The average molecular weight is 372 g/mol. The van der Waals surface area contributed by atoms with Gasteiger partial charge in [-0.3, -0.25) is 4.79 Å². The van der Waals surface area contributed by atoms with Gasteiger partial charge in [0.05, 0.1) is 12.0 Å². The van der Waals surface area contributed by atoms with E-state index in [0.717, 1.165) is 31.5 Å². The van der Waals surface area contributed by atoms with Gasteiger partial charge < -0.3 is 20.1 Å². The lowest BCUT2D eigenvalue weighted by Crippen LogP contribution is -2.47. The Labute approximate surface area is 158 Å². The topological polar surface area (TPSA) is 59.6 Å². The second-order valence-corrected chi connectivity index (χ2v) is 6.86. The van der Waals surface area contributed by atoms with Crippen LogP contribution in [0.25, 0.3) is 0 Å². The molecule has 0 spiro atoms. The molecule has 1 aliphatic heterocycles. The van der Waals surface area contributed by atoms with Crippen molar-refractivity contribution in [2.24, 2.45) is 5.41 Å². The number of carbonyl (C=O) groups excluding carboxylic acids is 1. The fraction of sp³-hybridized carbons (Fsp3) is 0.381. The van der Waals surface area contributed by atoms with Crippen LogP contribution in [0.4, 0.5) is 10.1 Å². The molecule has 0 atom stereocenters. The van der Waals surface area contributed by atoms with Crippen LogP contribution in [0.2, 0.25) is 0 Å². The maximum absolute atomic E-state index is 13.2. The second kappa shape index (κ2) is 8.97. The van der Waals surface area contributed by atoms with E-state index in [1.165, 1.54) is 12.1 Å². The van der Waals surface area contributed by atoms with Gasteiger partial charge in [0, 0.05) is 18.9 Å². The number of carbonyl (C=O) groups is 1. The van der Waals surface area contributed by atoms with Crippen molar-refractivity contribution in [2.45, 2.75) is 19.4 Å². The highest BCUT2D eigenvalue weighted by Crippen LogP contribution is 2.31. The molecular formula is C21H25FN2O3. The Bertz CT molecular complexity index is 770. The first kappa shape index (κ1) is 19.3. The molecular weight excluding hydrogens is 347 g/mol. The molecule has 2 aromatic carbocycles. The van der Waals surface area contributed by atoms with Crippen LogP contribution in [0.1, 0.15) is 18.4 Å². The predicted molar refractivity (Wildman–Crippen MR) is 102 cm³/mol. The van der Waals surface area contributed by atoms with E-state index in [2.05, 4.69) is 10.6 Å². The number of hydrogen-bond donors (Lipinski definition) is 2. The molecule has 1 amide bonds. The smallest absolute Gasteiger partial charge is 0.233 e. The van der Waals surface area contributed by atoms with Crippen molar-refractivity contribution in [1.82, 2.24) is 5.32 Å². The Balaban J connectivity index is 1.65. The van der Waals surface area contributed by atoms with Crippen LogP contribution in [0.15, 0.2) is 48.5 Å². The number of ether oxygens (including phenoxy) is 2. The third-order valence-electron chi connectivity index (χ3n) is 4.85. The normalized spacial score (nSPS) is 15.9. The summed E-state index contributed by atoms with van der Waals surface area (Å²) in [5.74, 6) is 0.117. The maximum Gasteiger partial charge on any atom is 0.233 e. The highest BCUT2D eigenvalue weighted by molar-refractivity contribution is 5.95. The Hall–Kier alpha value is -2.44. The second-order valence-electron chi connectivity index (χ2n) is 6.86. The lowest BCUT2D eigenvalue weighted by Gasteiger charge is -2.35. The largest absolute Gasteiger partial charge is 0.489 e.